The number of carbonyl (C=O) groups is 1. The number of rotatable bonds is 6. The molecule has 152 valence electrons. The molecular weight excluding hydrogens is 469 g/mol. The van der Waals surface area contributed by atoms with Crippen LogP contribution >= 0.6 is 58.8 Å². The molecule has 0 radical (unpaired) electrons. The van der Waals surface area contributed by atoms with Crippen molar-refractivity contribution in [3.8, 4) is 5.75 Å². The zero-order valence-electron chi connectivity index (χ0n) is 15.7. The molecule has 8 heteroatoms. The van der Waals surface area contributed by atoms with Crippen molar-refractivity contribution in [2.45, 2.75) is 20.5 Å². The summed E-state index contributed by atoms with van der Waals surface area (Å²) in [5.41, 5.74) is 1.69. The summed E-state index contributed by atoms with van der Waals surface area (Å²) in [4.78, 5) is 14.8. The molecule has 1 aliphatic rings. The second-order valence-corrected chi connectivity index (χ2v) is 9.81. The van der Waals surface area contributed by atoms with Gasteiger partial charge in [-0.3, -0.25) is 9.69 Å². The van der Waals surface area contributed by atoms with Crippen molar-refractivity contribution in [2.75, 3.05) is 6.54 Å². The molecule has 1 fully saturated rings. The molecule has 0 N–H and O–H groups in total. The third-order valence-corrected chi connectivity index (χ3v) is 6.47. The number of ether oxygens (including phenoxy) is 1. The lowest BCUT2D eigenvalue weighted by Gasteiger charge is -2.16. The van der Waals surface area contributed by atoms with Gasteiger partial charge in [0.05, 0.1) is 20.0 Å². The van der Waals surface area contributed by atoms with Crippen molar-refractivity contribution in [1.82, 2.24) is 4.90 Å². The number of thioether (sulfide) groups is 1. The maximum absolute atomic E-state index is 12.6. The molecule has 0 unspecified atom stereocenters. The van der Waals surface area contributed by atoms with E-state index >= 15 is 0 Å². The average Bonchev–Trinajstić information content (AvgIpc) is 2.91. The normalized spacial score (nSPS) is 15.7. The van der Waals surface area contributed by atoms with Crippen LogP contribution in [0.25, 0.3) is 6.08 Å². The molecular formula is C21H18Cl3NO2S2. The van der Waals surface area contributed by atoms with E-state index in [-0.39, 0.29) is 5.91 Å². The van der Waals surface area contributed by atoms with Gasteiger partial charge in [-0.15, -0.1) is 0 Å². The first-order valence-corrected chi connectivity index (χ1v) is 11.2. The summed E-state index contributed by atoms with van der Waals surface area (Å²) < 4.78 is 6.37. The Kier molecular flexibility index (Phi) is 7.52. The second-order valence-electron chi connectivity index (χ2n) is 6.91. The fourth-order valence-electron chi connectivity index (χ4n) is 2.69. The molecule has 2 aromatic carbocycles. The Morgan fingerprint density at radius 3 is 2.52 bits per heavy atom. The Labute approximate surface area is 195 Å². The number of hydrogen-bond acceptors (Lipinski definition) is 4. The number of thiocarbonyl (C=S) groups is 1. The molecule has 0 bridgehead atoms. The molecule has 3 nitrogen and oxygen atoms in total. The molecule has 1 heterocycles. The van der Waals surface area contributed by atoms with Gasteiger partial charge in [0.25, 0.3) is 5.91 Å². The molecule has 0 atom stereocenters. The summed E-state index contributed by atoms with van der Waals surface area (Å²) in [5.74, 6) is 0.824. The minimum atomic E-state index is -0.0650. The van der Waals surface area contributed by atoms with Crippen molar-refractivity contribution < 1.29 is 9.53 Å². The Hall–Kier alpha value is -1.24. The molecule has 2 aromatic rings. The van der Waals surface area contributed by atoms with E-state index in [1.807, 2.05) is 12.1 Å². The van der Waals surface area contributed by atoms with Gasteiger partial charge < -0.3 is 4.74 Å². The minimum Gasteiger partial charge on any atom is -0.487 e. The van der Waals surface area contributed by atoms with Crippen LogP contribution in [-0.4, -0.2) is 21.7 Å². The molecule has 1 amide bonds. The quantitative estimate of drug-likeness (QED) is 0.322. The maximum atomic E-state index is 12.6. The van der Waals surface area contributed by atoms with E-state index < -0.39 is 0 Å². The number of amides is 1. The lowest BCUT2D eigenvalue weighted by atomic mass is 10.2. The summed E-state index contributed by atoms with van der Waals surface area (Å²) in [7, 11) is 0. The standard InChI is InChI=1S/C21H18Cl3NO2S2/c1-12(2)10-25-20(26)19(29-21(25)28)9-13-4-6-18(17(24)7-13)27-11-14-3-5-15(22)16(23)8-14/h3-9,12H,10-11H2,1-2H3/b19-9-. The SMILES string of the molecule is CC(C)CN1C(=O)/C(=C/c2ccc(OCc3ccc(Cl)c(Cl)c3)c(Cl)c2)SC1=S. The van der Waals surface area contributed by atoms with Gasteiger partial charge in [-0.1, -0.05) is 84.8 Å². The van der Waals surface area contributed by atoms with Crippen molar-refractivity contribution in [2.24, 2.45) is 5.92 Å². The van der Waals surface area contributed by atoms with Crippen LogP contribution in [0.2, 0.25) is 15.1 Å². The first-order valence-electron chi connectivity index (χ1n) is 8.86. The highest BCUT2D eigenvalue weighted by Gasteiger charge is 2.32. The predicted octanol–water partition coefficient (Wildman–Crippen LogP) is 7.08. The van der Waals surface area contributed by atoms with Crippen LogP contribution in [0.1, 0.15) is 25.0 Å². The van der Waals surface area contributed by atoms with E-state index in [2.05, 4.69) is 13.8 Å². The molecule has 29 heavy (non-hydrogen) atoms. The summed E-state index contributed by atoms with van der Waals surface area (Å²) in [6.45, 7) is 5.03. The molecule has 1 aliphatic heterocycles. The summed E-state index contributed by atoms with van der Waals surface area (Å²) in [6, 6.07) is 10.7. The summed E-state index contributed by atoms with van der Waals surface area (Å²) in [5, 5.41) is 1.43. The van der Waals surface area contributed by atoms with Gasteiger partial charge in [0.1, 0.15) is 16.7 Å². The van der Waals surface area contributed by atoms with Gasteiger partial charge >= 0.3 is 0 Å². The largest absolute Gasteiger partial charge is 0.487 e. The number of nitrogens with zero attached hydrogens (tertiary/aromatic N) is 1. The highest BCUT2D eigenvalue weighted by Crippen LogP contribution is 2.34. The molecule has 0 aromatic heterocycles. The molecule has 0 aliphatic carbocycles. The topological polar surface area (TPSA) is 29.5 Å². The second kappa shape index (κ2) is 9.71. The molecule has 0 spiro atoms. The van der Waals surface area contributed by atoms with E-state index in [0.29, 0.717) is 49.1 Å². The maximum Gasteiger partial charge on any atom is 0.266 e. The Morgan fingerprint density at radius 1 is 1.10 bits per heavy atom. The van der Waals surface area contributed by atoms with Crippen LogP contribution in [0, 0.1) is 5.92 Å². The number of benzene rings is 2. The van der Waals surface area contributed by atoms with Crippen LogP contribution < -0.4 is 4.74 Å². The van der Waals surface area contributed by atoms with Crippen molar-refractivity contribution in [3.05, 3.63) is 67.5 Å². The van der Waals surface area contributed by atoms with Crippen molar-refractivity contribution >= 4 is 75.1 Å². The number of carbonyl (C=O) groups excluding carboxylic acids is 1. The zero-order chi connectivity index (χ0) is 21.1. The fraction of sp³-hybridized carbons (Fsp3) is 0.238. The smallest absolute Gasteiger partial charge is 0.266 e. The predicted molar refractivity (Wildman–Crippen MR) is 127 cm³/mol. The van der Waals surface area contributed by atoms with Gasteiger partial charge in [0.15, 0.2) is 0 Å². The Bertz CT molecular complexity index is 992. The van der Waals surface area contributed by atoms with Crippen LogP contribution in [0.5, 0.6) is 5.75 Å². The van der Waals surface area contributed by atoms with E-state index in [1.165, 1.54) is 11.8 Å². The third kappa shape index (κ3) is 5.68. The van der Waals surface area contributed by atoms with Gasteiger partial charge in [0, 0.05) is 6.54 Å². The fourth-order valence-corrected chi connectivity index (χ4v) is 4.53. The van der Waals surface area contributed by atoms with E-state index in [4.69, 9.17) is 51.8 Å². The summed E-state index contributed by atoms with van der Waals surface area (Å²) >= 11 is 25.0. The highest BCUT2D eigenvalue weighted by molar-refractivity contribution is 8.26. The molecule has 3 rings (SSSR count). The van der Waals surface area contributed by atoms with E-state index in [1.54, 1.807) is 35.2 Å². The average molecular weight is 487 g/mol. The molecule has 1 saturated heterocycles. The van der Waals surface area contributed by atoms with Gasteiger partial charge in [0.2, 0.25) is 0 Å². The summed E-state index contributed by atoms with van der Waals surface area (Å²) in [6.07, 6.45) is 1.80. The lowest BCUT2D eigenvalue weighted by Crippen LogP contribution is -2.31. The van der Waals surface area contributed by atoms with Gasteiger partial charge in [-0.25, -0.2) is 0 Å². The van der Waals surface area contributed by atoms with Gasteiger partial charge in [-0.05, 0) is 47.4 Å². The van der Waals surface area contributed by atoms with E-state index in [9.17, 15) is 4.79 Å². The minimum absolute atomic E-state index is 0.0650. The van der Waals surface area contributed by atoms with Crippen LogP contribution in [-0.2, 0) is 11.4 Å². The van der Waals surface area contributed by atoms with E-state index in [0.717, 1.165) is 11.1 Å². The lowest BCUT2D eigenvalue weighted by molar-refractivity contribution is -0.122. The van der Waals surface area contributed by atoms with Crippen LogP contribution in [0.15, 0.2) is 41.3 Å². The highest BCUT2D eigenvalue weighted by atomic mass is 35.5. The Morgan fingerprint density at radius 2 is 1.86 bits per heavy atom. The van der Waals surface area contributed by atoms with Crippen LogP contribution in [0.4, 0.5) is 0 Å². The first-order chi connectivity index (χ1) is 13.7. The number of halogens is 3. The van der Waals surface area contributed by atoms with Gasteiger partial charge in [-0.2, -0.15) is 0 Å². The monoisotopic (exact) mass is 485 g/mol. The third-order valence-electron chi connectivity index (χ3n) is 4.05. The van der Waals surface area contributed by atoms with Crippen LogP contribution in [0.3, 0.4) is 0 Å². The first kappa shape index (κ1) is 22.4. The number of hydrogen-bond donors (Lipinski definition) is 0. The Balaban J connectivity index is 1.71. The van der Waals surface area contributed by atoms with Crippen molar-refractivity contribution in [3.63, 3.8) is 0 Å². The molecule has 0 saturated carbocycles. The zero-order valence-corrected chi connectivity index (χ0v) is 19.6. The van der Waals surface area contributed by atoms with Crippen molar-refractivity contribution in [1.29, 1.82) is 0 Å².